The van der Waals surface area contributed by atoms with Gasteiger partial charge in [0.2, 0.25) is 0 Å². The monoisotopic (exact) mass is 539 g/mol. The fourth-order valence-electron chi connectivity index (χ4n) is 4.72. The average molecular weight is 540 g/mol. The van der Waals surface area contributed by atoms with Crippen LogP contribution in [-0.2, 0) is 4.43 Å². The maximum atomic E-state index is 15.2. The van der Waals surface area contributed by atoms with Crippen molar-refractivity contribution in [1.82, 2.24) is 14.7 Å². The quantitative estimate of drug-likeness (QED) is 0.292. The predicted octanol–water partition coefficient (Wildman–Crippen LogP) is 7.19. The summed E-state index contributed by atoms with van der Waals surface area (Å²) in [6.07, 6.45) is 5.69. The van der Waals surface area contributed by atoms with Crippen LogP contribution >= 0.6 is 0 Å². The molecule has 206 valence electrons. The maximum absolute atomic E-state index is 15.2. The minimum atomic E-state index is -2.03. The van der Waals surface area contributed by atoms with E-state index < -0.39 is 14.0 Å². The van der Waals surface area contributed by atoms with E-state index >= 15 is 4.39 Å². The van der Waals surface area contributed by atoms with Gasteiger partial charge in [0, 0.05) is 6.20 Å². The van der Waals surface area contributed by atoms with Crippen LogP contribution in [0, 0.1) is 6.92 Å². The third-order valence-corrected chi connectivity index (χ3v) is 12.7. The van der Waals surface area contributed by atoms with Gasteiger partial charge in [-0.05, 0) is 55.6 Å². The molecular formula is C30H42FN3O3Si. The van der Waals surface area contributed by atoms with Crippen molar-refractivity contribution in [2.75, 3.05) is 13.2 Å². The van der Waals surface area contributed by atoms with Crippen LogP contribution in [0.5, 0.6) is 5.75 Å². The number of hydrogen-bond donors (Lipinski definition) is 1. The third-order valence-electron chi connectivity index (χ3n) is 8.16. The maximum Gasteiger partial charge on any atom is 0.270 e. The number of imidazole rings is 1. The Morgan fingerprint density at radius 3 is 2.47 bits per heavy atom. The first-order valence-electron chi connectivity index (χ1n) is 13.7. The van der Waals surface area contributed by atoms with E-state index in [1.807, 2.05) is 37.3 Å². The number of halogens is 1. The van der Waals surface area contributed by atoms with Gasteiger partial charge in [-0.2, -0.15) is 0 Å². The second-order valence-electron chi connectivity index (χ2n) is 12.1. The Bertz CT molecular complexity index is 1250. The smallest absolute Gasteiger partial charge is 0.270 e. The number of ether oxygens (including phenoxy) is 1. The highest BCUT2D eigenvalue weighted by Gasteiger charge is 2.38. The molecule has 38 heavy (non-hydrogen) atoms. The third kappa shape index (κ3) is 6.29. The highest BCUT2D eigenvalue weighted by Crippen LogP contribution is 2.37. The van der Waals surface area contributed by atoms with E-state index in [0.29, 0.717) is 42.2 Å². The van der Waals surface area contributed by atoms with Crippen molar-refractivity contribution in [3.05, 3.63) is 65.6 Å². The Morgan fingerprint density at radius 1 is 1.13 bits per heavy atom. The topological polar surface area (TPSA) is 64.9 Å². The first kappa shape index (κ1) is 28.3. The molecule has 4 rings (SSSR count). The van der Waals surface area contributed by atoms with Crippen LogP contribution in [0.2, 0.25) is 18.1 Å². The van der Waals surface area contributed by atoms with Gasteiger partial charge in [0.1, 0.15) is 18.0 Å². The highest BCUT2D eigenvalue weighted by atomic mass is 28.4. The van der Waals surface area contributed by atoms with Crippen LogP contribution in [0.1, 0.15) is 80.7 Å². The Kier molecular flexibility index (Phi) is 8.33. The zero-order valence-electron chi connectivity index (χ0n) is 23.6. The van der Waals surface area contributed by atoms with Crippen molar-refractivity contribution in [3.63, 3.8) is 0 Å². The lowest BCUT2D eigenvalue weighted by atomic mass is 9.87. The fraction of sp³-hybridized carbons (Fsp3) is 0.533. The summed E-state index contributed by atoms with van der Waals surface area (Å²) in [6, 6.07) is 13.2. The van der Waals surface area contributed by atoms with E-state index in [1.165, 1.54) is 0 Å². The van der Waals surface area contributed by atoms with Crippen LogP contribution in [0.4, 0.5) is 4.39 Å². The molecular weight excluding hydrogens is 497 g/mol. The van der Waals surface area contributed by atoms with Crippen LogP contribution in [0.15, 0.2) is 48.7 Å². The van der Waals surface area contributed by atoms with Crippen LogP contribution in [0.25, 0.3) is 5.65 Å². The van der Waals surface area contributed by atoms with Gasteiger partial charge in [-0.1, -0.05) is 70.4 Å². The number of nitrogens with one attached hydrogen (secondary N) is 1. The molecule has 1 N–H and O–H groups in total. The number of rotatable bonds is 9. The van der Waals surface area contributed by atoms with Gasteiger partial charge in [-0.3, -0.25) is 9.20 Å². The van der Waals surface area contributed by atoms with Gasteiger partial charge in [0.05, 0.1) is 18.3 Å². The van der Waals surface area contributed by atoms with E-state index in [2.05, 4.69) is 44.2 Å². The normalized spacial score (nSPS) is 16.8. The molecule has 0 radical (unpaired) electrons. The summed E-state index contributed by atoms with van der Waals surface area (Å²) in [5.74, 6) is 0.243. The van der Waals surface area contributed by atoms with Gasteiger partial charge >= 0.3 is 0 Å². The molecule has 6 nitrogen and oxygen atoms in total. The summed E-state index contributed by atoms with van der Waals surface area (Å²) in [5.41, 5.74) is 1.22. The SMILES string of the molecule is Cc1nc2c(OCC3(F)CCCCC3)cccn2c1C(=O)N[C@@H](CO[Si](C)(C)C(C)(C)C)c1ccccc1. The predicted molar refractivity (Wildman–Crippen MR) is 152 cm³/mol. The number of carbonyl (C=O) groups excluding carboxylic acids is 1. The van der Waals surface area contributed by atoms with E-state index in [0.717, 1.165) is 24.8 Å². The molecule has 1 fully saturated rings. The second-order valence-corrected chi connectivity index (χ2v) is 16.9. The molecule has 1 aliphatic rings. The highest BCUT2D eigenvalue weighted by molar-refractivity contribution is 6.74. The summed E-state index contributed by atoms with van der Waals surface area (Å²) in [4.78, 5) is 18.3. The van der Waals surface area contributed by atoms with Crippen molar-refractivity contribution in [2.45, 2.75) is 89.6 Å². The van der Waals surface area contributed by atoms with Crippen molar-refractivity contribution < 1.29 is 18.3 Å². The zero-order chi connectivity index (χ0) is 27.6. The largest absolute Gasteiger partial charge is 0.486 e. The van der Waals surface area contributed by atoms with Crippen LogP contribution < -0.4 is 10.1 Å². The number of alkyl halides is 1. The number of fused-ring (bicyclic) bond motifs is 1. The standard InChI is InChI=1S/C30H42FN3O3Si/c1-22-26(34-19-13-16-25(27(34)32-22)36-21-30(31)17-11-8-12-18-30)28(35)33-24(23-14-9-7-10-15-23)20-37-38(5,6)29(2,3)4/h7,9-10,13-16,19,24H,8,11-12,17-18,20-21H2,1-6H3,(H,33,35)/t24-/m0/s1. The molecule has 1 amide bonds. The number of amides is 1. The number of aryl methyl sites for hydroxylation is 1. The lowest BCUT2D eigenvalue weighted by molar-refractivity contribution is 0.0480. The Hall–Kier alpha value is -2.71. The van der Waals surface area contributed by atoms with E-state index in [1.54, 1.807) is 22.7 Å². The lowest BCUT2D eigenvalue weighted by Crippen LogP contribution is -2.43. The second kappa shape index (κ2) is 11.2. The molecule has 0 aliphatic heterocycles. The molecule has 3 aromatic rings. The number of benzene rings is 1. The molecule has 1 aromatic carbocycles. The Morgan fingerprint density at radius 2 is 1.82 bits per heavy atom. The summed E-state index contributed by atoms with van der Waals surface area (Å²) >= 11 is 0. The number of carbonyl (C=O) groups is 1. The minimum absolute atomic E-state index is 0.000974. The van der Waals surface area contributed by atoms with Gasteiger partial charge in [-0.15, -0.1) is 0 Å². The van der Waals surface area contributed by atoms with E-state index in [9.17, 15) is 4.79 Å². The zero-order valence-corrected chi connectivity index (χ0v) is 24.6. The molecule has 1 saturated carbocycles. The average Bonchev–Trinajstić information content (AvgIpc) is 3.22. The van der Waals surface area contributed by atoms with Crippen molar-refractivity contribution in [3.8, 4) is 5.75 Å². The van der Waals surface area contributed by atoms with Crippen LogP contribution in [-0.4, -0.2) is 42.5 Å². The molecule has 2 aromatic heterocycles. The summed E-state index contributed by atoms with van der Waals surface area (Å²) in [6.45, 7) is 13.2. The summed E-state index contributed by atoms with van der Waals surface area (Å²) < 4.78 is 29.4. The number of nitrogens with zero attached hydrogens (tertiary/aromatic N) is 2. The molecule has 0 spiro atoms. The van der Waals surface area contributed by atoms with Gasteiger partial charge in [0.15, 0.2) is 19.7 Å². The number of hydrogen-bond acceptors (Lipinski definition) is 4. The molecule has 0 bridgehead atoms. The van der Waals surface area contributed by atoms with Crippen molar-refractivity contribution >= 4 is 19.9 Å². The molecule has 8 heteroatoms. The van der Waals surface area contributed by atoms with Crippen LogP contribution in [0.3, 0.4) is 0 Å². The Labute approximate surface area is 227 Å². The van der Waals surface area contributed by atoms with Gasteiger partial charge in [-0.25, -0.2) is 9.37 Å². The lowest BCUT2D eigenvalue weighted by Gasteiger charge is -2.37. The van der Waals surface area contributed by atoms with Crippen molar-refractivity contribution in [2.24, 2.45) is 0 Å². The molecule has 2 heterocycles. The Balaban J connectivity index is 1.57. The van der Waals surface area contributed by atoms with E-state index in [4.69, 9.17) is 9.16 Å². The molecule has 1 atom stereocenters. The molecule has 0 unspecified atom stereocenters. The fourth-order valence-corrected chi connectivity index (χ4v) is 5.74. The first-order valence-corrected chi connectivity index (χ1v) is 16.6. The molecule has 1 aliphatic carbocycles. The van der Waals surface area contributed by atoms with Gasteiger partial charge < -0.3 is 14.5 Å². The molecule has 0 saturated heterocycles. The van der Waals surface area contributed by atoms with Gasteiger partial charge in [0.25, 0.3) is 5.91 Å². The number of pyridine rings is 1. The van der Waals surface area contributed by atoms with E-state index in [-0.39, 0.29) is 23.6 Å². The summed E-state index contributed by atoms with van der Waals surface area (Å²) in [7, 11) is -2.03. The van der Waals surface area contributed by atoms with Crippen molar-refractivity contribution in [1.29, 1.82) is 0 Å². The minimum Gasteiger partial charge on any atom is -0.486 e. The summed E-state index contributed by atoms with van der Waals surface area (Å²) in [5, 5.41) is 3.26. The first-order chi connectivity index (χ1) is 17.9. The number of aromatic nitrogens is 2.